The van der Waals surface area contributed by atoms with Gasteiger partial charge in [-0.25, -0.2) is 9.78 Å². The summed E-state index contributed by atoms with van der Waals surface area (Å²) in [5.74, 6) is -0.269. The maximum atomic E-state index is 11.7. The summed E-state index contributed by atoms with van der Waals surface area (Å²) in [6.07, 6.45) is 1.40. The van der Waals surface area contributed by atoms with E-state index in [2.05, 4.69) is 10.3 Å². The molecular formula is C19H15ClN2O4. The molecule has 0 aliphatic heterocycles. The van der Waals surface area contributed by atoms with Crippen LogP contribution in [0.15, 0.2) is 60.8 Å². The second-order valence-corrected chi connectivity index (χ2v) is 5.80. The standard InChI is InChI=1S/C19H15ClN2O4/c20-15-6-8-17(21-10-15)22-18(23)11-26-19(24)12-25-16-7-5-13-3-1-2-4-14(13)9-16/h1-10H,11-12H2,(H,21,22,23). The fraction of sp³-hybridized carbons (Fsp3) is 0.105. The molecule has 0 saturated carbocycles. The molecule has 7 heteroatoms. The molecule has 3 aromatic rings. The van der Waals surface area contributed by atoms with Gasteiger partial charge in [-0.1, -0.05) is 41.9 Å². The Balaban J connectivity index is 1.44. The molecular weight excluding hydrogens is 356 g/mol. The van der Waals surface area contributed by atoms with Crippen LogP contribution >= 0.6 is 11.6 Å². The fourth-order valence-electron chi connectivity index (χ4n) is 2.22. The molecule has 1 N–H and O–H groups in total. The summed E-state index contributed by atoms with van der Waals surface area (Å²) >= 11 is 5.71. The van der Waals surface area contributed by atoms with Crippen LogP contribution in [0.1, 0.15) is 0 Å². The van der Waals surface area contributed by atoms with Crippen LogP contribution in [0.2, 0.25) is 5.02 Å². The molecule has 0 saturated heterocycles. The van der Waals surface area contributed by atoms with Crippen molar-refractivity contribution in [3.63, 3.8) is 0 Å². The lowest BCUT2D eigenvalue weighted by Gasteiger charge is -2.08. The minimum absolute atomic E-state index is 0.287. The largest absolute Gasteiger partial charge is 0.482 e. The summed E-state index contributed by atoms with van der Waals surface area (Å²) in [4.78, 5) is 27.4. The second kappa shape index (κ2) is 8.31. The summed E-state index contributed by atoms with van der Waals surface area (Å²) in [5.41, 5.74) is 0. The zero-order valence-corrected chi connectivity index (χ0v) is 14.4. The number of nitrogens with zero attached hydrogens (tertiary/aromatic N) is 1. The summed E-state index contributed by atoms with van der Waals surface area (Å²) in [6.45, 7) is -0.713. The molecule has 0 unspecified atom stereocenters. The average Bonchev–Trinajstić information content (AvgIpc) is 2.66. The van der Waals surface area contributed by atoms with Crippen molar-refractivity contribution >= 4 is 40.1 Å². The van der Waals surface area contributed by atoms with E-state index in [0.29, 0.717) is 16.6 Å². The Hall–Kier alpha value is -3.12. The van der Waals surface area contributed by atoms with E-state index in [4.69, 9.17) is 21.1 Å². The Kier molecular flexibility index (Phi) is 5.66. The maximum absolute atomic E-state index is 11.7. The highest BCUT2D eigenvalue weighted by molar-refractivity contribution is 6.30. The van der Waals surface area contributed by atoms with Gasteiger partial charge in [-0.15, -0.1) is 0 Å². The number of esters is 1. The number of aromatic nitrogens is 1. The molecule has 0 fully saturated rings. The van der Waals surface area contributed by atoms with E-state index >= 15 is 0 Å². The molecule has 6 nitrogen and oxygen atoms in total. The van der Waals surface area contributed by atoms with E-state index < -0.39 is 18.5 Å². The number of carbonyl (C=O) groups excluding carboxylic acids is 2. The first-order chi connectivity index (χ1) is 12.6. The van der Waals surface area contributed by atoms with Gasteiger partial charge in [0, 0.05) is 6.20 Å². The van der Waals surface area contributed by atoms with Crippen LogP contribution in [0.25, 0.3) is 10.8 Å². The van der Waals surface area contributed by atoms with Gasteiger partial charge in [0.1, 0.15) is 11.6 Å². The number of anilines is 1. The van der Waals surface area contributed by atoms with E-state index in [9.17, 15) is 9.59 Å². The summed E-state index contributed by atoms with van der Waals surface area (Å²) in [5, 5.41) is 5.04. The monoisotopic (exact) mass is 370 g/mol. The van der Waals surface area contributed by atoms with E-state index in [0.717, 1.165) is 10.8 Å². The molecule has 0 spiro atoms. The molecule has 0 aliphatic carbocycles. The van der Waals surface area contributed by atoms with Gasteiger partial charge in [-0.05, 0) is 35.0 Å². The summed E-state index contributed by atoms with van der Waals surface area (Å²) in [7, 11) is 0. The zero-order valence-electron chi connectivity index (χ0n) is 13.6. The molecule has 0 radical (unpaired) electrons. The first-order valence-corrected chi connectivity index (χ1v) is 8.16. The van der Waals surface area contributed by atoms with Gasteiger partial charge >= 0.3 is 5.97 Å². The molecule has 0 atom stereocenters. The van der Waals surface area contributed by atoms with Gasteiger partial charge in [-0.2, -0.15) is 0 Å². The molecule has 2 aromatic carbocycles. The van der Waals surface area contributed by atoms with Crippen molar-refractivity contribution < 1.29 is 19.1 Å². The number of amides is 1. The maximum Gasteiger partial charge on any atom is 0.344 e. The number of carbonyl (C=O) groups is 2. The Morgan fingerprint density at radius 2 is 1.81 bits per heavy atom. The topological polar surface area (TPSA) is 77.5 Å². The van der Waals surface area contributed by atoms with Gasteiger partial charge in [-0.3, -0.25) is 4.79 Å². The number of nitrogens with one attached hydrogen (secondary N) is 1. The third-order valence-electron chi connectivity index (χ3n) is 3.44. The predicted molar refractivity (Wildman–Crippen MR) is 98.3 cm³/mol. The van der Waals surface area contributed by atoms with Crippen LogP contribution in [0, 0.1) is 0 Å². The van der Waals surface area contributed by atoms with E-state index in [-0.39, 0.29) is 6.61 Å². The van der Waals surface area contributed by atoms with Crippen LogP contribution in [0.5, 0.6) is 5.75 Å². The normalized spacial score (nSPS) is 10.3. The Bertz CT molecular complexity index is 928. The van der Waals surface area contributed by atoms with Gasteiger partial charge in [0.2, 0.25) is 0 Å². The molecule has 0 aliphatic rings. The van der Waals surface area contributed by atoms with Crippen molar-refractivity contribution in [2.24, 2.45) is 0 Å². The highest BCUT2D eigenvalue weighted by Gasteiger charge is 2.09. The van der Waals surface area contributed by atoms with Crippen LogP contribution in [-0.4, -0.2) is 30.1 Å². The molecule has 3 rings (SSSR count). The summed E-state index contributed by atoms with van der Waals surface area (Å²) < 4.78 is 10.3. The molecule has 1 amide bonds. The van der Waals surface area contributed by atoms with Crippen molar-refractivity contribution in [3.8, 4) is 5.75 Å². The molecule has 132 valence electrons. The van der Waals surface area contributed by atoms with E-state index in [1.807, 2.05) is 36.4 Å². The number of fused-ring (bicyclic) bond motifs is 1. The second-order valence-electron chi connectivity index (χ2n) is 5.37. The first kappa shape index (κ1) is 17.7. The lowest BCUT2D eigenvalue weighted by atomic mass is 10.1. The van der Waals surface area contributed by atoms with Gasteiger partial charge < -0.3 is 14.8 Å². The van der Waals surface area contributed by atoms with Crippen LogP contribution < -0.4 is 10.1 Å². The van der Waals surface area contributed by atoms with Crippen molar-refractivity contribution in [2.75, 3.05) is 18.5 Å². The smallest absolute Gasteiger partial charge is 0.344 e. The molecule has 0 bridgehead atoms. The predicted octanol–water partition coefficient (Wildman–Crippen LogP) is 3.45. The number of hydrogen-bond acceptors (Lipinski definition) is 5. The van der Waals surface area contributed by atoms with Crippen molar-refractivity contribution in [1.82, 2.24) is 4.98 Å². The number of ether oxygens (including phenoxy) is 2. The third-order valence-corrected chi connectivity index (χ3v) is 3.66. The first-order valence-electron chi connectivity index (χ1n) is 7.79. The SMILES string of the molecule is O=C(COC(=O)COc1ccc2ccccc2c1)Nc1ccc(Cl)cn1. The quantitative estimate of drug-likeness (QED) is 0.672. The van der Waals surface area contributed by atoms with Crippen molar-refractivity contribution in [1.29, 1.82) is 0 Å². The molecule has 1 aromatic heterocycles. The molecule has 26 heavy (non-hydrogen) atoms. The lowest BCUT2D eigenvalue weighted by molar-refractivity contribution is -0.149. The van der Waals surface area contributed by atoms with E-state index in [1.54, 1.807) is 18.2 Å². The number of pyridine rings is 1. The van der Waals surface area contributed by atoms with Crippen LogP contribution in [-0.2, 0) is 14.3 Å². The fourth-order valence-corrected chi connectivity index (χ4v) is 2.33. The minimum Gasteiger partial charge on any atom is -0.482 e. The highest BCUT2D eigenvalue weighted by Crippen LogP contribution is 2.20. The molecule has 1 heterocycles. The van der Waals surface area contributed by atoms with Crippen molar-refractivity contribution in [3.05, 3.63) is 65.8 Å². The number of halogens is 1. The van der Waals surface area contributed by atoms with E-state index in [1.165, 1.54) is 6.20 Å². The Labute approximate surface area is 154 Å². The Morgan fingerprint density at radius 3 is 2.58 bits per heavy atom. The third kappa shape index (κ3) is 4.94. The Morgan fingerprint density at radius 1 is 1.00 bits per heavy atom. The number of benzene rings is 2. The van der Waals surface area contributed by atoms with Crippen LogP contribution in [0.3, 0.4) is 0 Å². The number of hydrogen-bond donors (Lipinski definition) is 1. The highest BCUT2D eigenvalue weighted by atomic mass is 35.5. The average molecular weight is 371 g/mol. The van der Waals surface area contributed by atoms with Crippen molar-refractivity contribution in [2.45, 2.75) is 0 Å². The number of rotatable bonds is 6. The zero-order chi connectivity index (χ0) is 18.4. The van der Waals surface area contributed by atoms with Gasteiger partial charge in [0.15, 0.2) is 13.2 Å². The van der Waals surface area contributed by atoms with Gasteiger partial charge in [0.25, 0.3) is 5.91 Å². The summed E-state index contributed by atoms with van der Waals surface area (Å²) in [6, 6.07) is 16.5. The lowest BCUT2D eigenvalue weighted by Crippen LogP contribution is -2.24. The van der Waals surface area contributed by atoms with Gasteiger partial charge in [0.05, 0.1) is 5.02 Å². The van der Waals surface area contributed by atoms with Crippen LogP contribution in [0.4, 0.5) is 5.82 Å². The minimum atomic E-state index is -0.641.